The van der Waals surface area contributed by atoms with Crippen LogP contribution in [0, 0.1) is 0 Å². The van der Waals surface area contributed by atoms with Crippen molar-refractivity contribution >= 4 is 5.82 Å². The molecule has 0 spiro atoms. The summed E-state index contributed by atoms with van der Waals surface area (Å²) in [7, 11) is 4.07. The molecular formula is C13H22N4. The van der Waals surface area contributed by atoms with Crippen molar-refractivity contribution in [1.82, 2.24) is 15.6 Å². The van der Waals surface area contributed by atoms with Gasteiger partial charge in [0.15, 0.2) is 0 Å². The predicted molar refractivity (Wildman–Crippen MR) is 71.7 cm³/mol. The molecule has 4 heteroatoms. The van der Waals surface area contributed by atoms with Gasteiger partial charge in [-0.25, -0.2) is 4.98 Å². The summed E-state index contributed by atoms with van der Waals surface area (Å²) in [5, 5.41) is 6.57. The van der Waals surface area contributed by atoms with Crippen LogP contribution in [0.15, 0.2) is 12.1 Å². The summed E-state index contributed by atoms with van der Waals surface area (Å²) in [6, 6.07) is 4.38. The van der Waals surface area contributed by atoms with Gasteiger partial charge in [-0.1, -0.05) is 6.07 Å². The molecule has 0 unspecified atom stereocenters. The number of hydrogen-bond donors (Lipinski definition) is 2. The second-order valence-electron chi connectivity index (χ2n) is 4.55. The molecule has 0 saturated heterocycles. The number of aromatic nitrogens is 1. The molecular weight excluding hydrogens is 212 g/mol. The van der Waals surface area contributed by atoms with E-state index in [1.54, 1.807) is 0 Å². The lowest BCUT2D eigenvalue weighted by Gasteiger charge is -2.19. The van der Waals surface area contributed by atoms with E-state index in [9.17, 15) is 0 Å². The topological polar surface area (TPSA) is 40.2 Å². The lowest BCUT2D eigenvalue weighted by molar-refractivity contribution is 0.707. The lowest BCUT2D eigenvalue weighted by Crippen LogP contribution is -2.28. The normalized spacial score (nSPS) is 15.2. The van der Waals surface area contributed by atoms with Gasteiger partial charge >= 0.3 is 0 Å². The monoisotopic (exact) mass is 234 g/mol. The molecule has 0 aliphatic carbocycles. The van der Waals surface area contributed by atoms with Crippen LogP contribution in [-0.2, 0) is 12.8 Å². The van der Waals surface area contributed by atoms with Crippen LogP contribution in [0.5, 0.6) is 0 Å². The third-order valence-electron chi connectivity index (χ3n) is 3.25. The second kappa shape index (κ2) is 5.98. The second-order valence-corrected chi connectivity index (χ2v) is 4.55. The van der Waals surface area contributed by atoms with E-state index in [0.29, 0.717) is 0 Å². The van der Waals surface area contributed by atoms with Crippen LogP contribution in [0.25, 0.3) is 0 Å². The number of rotatable bonds is 4. The van der Waals surface area contributed by atoms with Crippen molar-refractivity contribution in [1.29, 1.82) is 0 Å². The van der Waals surface area contributed by atoms with Gasteiger partial charge in [-0.05, 0) is 31.6 Å². The molecule has 0 radical (unpaired) electrons. The fourth-order valence-corrected chi connectivity index (χ4v) is 2.12. The van der Waals surface area contributed by atoms with Crippen molar-refractivity contribution < 1.29 is 0 Å². The Hall–Kier alpha value is -1.13. The van der Waals surface area contributed by atoms with Crippen LogP contribution in [-0.4, -0.2) is 45.3 Å². The predicted octanol–water partition coefficient (Wildman–Crippen LogP) is 0.425. The first-order chi connectivity index (χ1) is 8.31. The van der Waals surface area contributed by atoms with Crippen molar-refractivity contribution in [3.8, 4) is 0 Å². The van der Waals surface area contributed by atoms with E-state index in [2.05, 4.69) is 34.7 Å². The Morgan fingerprint density at radius 1 is 1.35 bits per heavy atom. The molecule has 2 heterocycles. The lowest BCUT2D eigenvalue weighted by atomic mass is 10.1. The highest BCUT2D eigenvalue weighted by Crippen LogP contribution is 2.16. The van der Waals surface area contributed by atoms with Gasteiger partial charge in [0.1, 0.15) is 5.82 Å². The van der Waals surface area contributed by atoms with Crippen molar-refractivity contribution in [3.05, 3.63) is 23.4 Å². The van der Waals surface area contributed by atoms with Gasteiger partial charge in [-0.15, -0.1) is 0 Å². The molecule has 2 N–H and O–H groups in total. The summed E-state index contributed by atoms with van der Waals surface area (Å²) in [5.41, 5.74) is 2.67. The molecule has 1 aromatic rings. The standard InChI is InChI=1S/C13H22N4/c1-14-9-10-17(2)13-4-3-11-5-7-15-8-6-12(11)16-13/h3-4,14-15H,5-10H2,1-2H3. The highest BCUT2D eigenvalue weighted by Gasteiger charge is 2.10. The molecule has 2 rings (SSSR count). The van der Waals surface area contributed by atoms with Crippen LogP contribution in [0.1, 0.15) is 11.3 Å². The van der Waals surface area contributed by atoms with E-state index in [1.807, 2.05) is 7.05 Å². The van der Waals surface area contributed by atoms with Crippen molar-refractivity contribution in [3.63, 3.8) is 0 Å². The molecule has 0 bridgehead atoms. The van der Waals surface area contributed by atoms with Gasteiger partial charge in [0.05, 0.1) is 0 Å². The van der Waals surface area contributed by atoms with E-state index in [-0.39, 0.29) is 0 Å². The summed E-state index contributed by atoms with van der Waals surface area (Å²) in [6.45, 7) is 4.09. The Balaban J connectivity index is 2.11. The molecule has 1 aliphatic heterocycles. The minimum Gasteiger partial charge on any atom is -0.358 e. The first-order valence-electron chi connectivity index (χ1n) is 6.36. The fraction of sp³-hybridized carbons (Fsp3) is 0.615. The average Bonchev–Trinajstić information content (AvgIpc) is 2.60. The summed E-state index contributed by atoms with van der Waals surface area (Å²) >= 11 is 0. The van der Waals surface area contributed by atoms with Crippen LogP contribution in [0.4, 0.5) is 5.82 Å². The molecule has 0 aromatic carbocycles. The number of hydrogen-bond acceptors (Lipinski definition) is 4. The Morgan fingerprint density at radius 3 is 3.00 bits per heavy atom. The molecule has 1 aliphatic rings. The minimum absolute atomic E-state index is 0.983. The molecule has 0 atom stereocenters. The maximum Gasteiger partial charge on any atom is 0.128 e. The first-order valence-corrected chi connectivity index (χ1v) is 6.36. The summed E-state index contributed by atoms with van der Waals surface area (Å²) in [6.07, 6.45) is 2.14. The van der Waals surface area contributed by atoms with Crippen molar-refractivity contribution in [2.75, 3.05) is 45.2 Å². The zero-order valence-electron chi connectivity index (χ0n) is 10.8. The first kappa shape index (κ1) is 12.3. The molecule has 4 nitrogen and oxygen atoms in total. The maximum atomic E-state index is 4.78. The van der Waals surface area contributed by atoms with E-state index >= 15 is 0 Å². The summed E-state index contributed by atoms with van der Waals surface area (Å²) < 4.78 is 0. The van der Waals surface area contributed by atoms with Crippen LogP contribution in [0.2, 0.25) is 0 Å². The van der Waals surface area contributed by atoms with Crippen LogP contribution < -0.4 is 15.5 Å². The minimum atomic E-state index is 0.983. The SMILES string of the molecule is CNCCN(C)c1ccc2c(n1)CCNCC2. The molecule has 0 amide bonds. The maximum absolute atomic E-state index is 4.78. The van der Waals surface area contributed by atoms with Gasteiger partial charge in [0.25, 0.3) is 0 Å². The number of pyridine rings is 1. The molecule has 0 fully saturated rings. The van der Waals surface area contributed by atoms with Gasteiger partial charge in [-0.2, -0.15) is 0 Å². The van der Waals surface area contributed by atoms with E-state index in [0.717, 1.165) is 44.8 Å². The summed E-state index contributed by atoms with van der Waals surface area (Å²) in [4.78, 5) is 6.99. The number of nitrogens with one attached hydrogen (secondary N) is 2. The zero-order valence-corrected chi connectivity index (χ0v) is 10.8. The Labute approximate surface area is 103 Å². The van der Waals surface area contributed by atoms with Crippen LogP contribution >= 0.6 is 0 Å². The Kier molecular flexibility index (Phi) is 4.34. The van der Waals surface area contributed by atoms with E-state index < -0.39 is 0 Å². The van der Waals surface area contributed by atoms with Gasteiger partial charge in [-0.3, -0.25) is 0 Å². The molecule has 94 valence electrons. The van der Waals surface area contributed by atoms with Gasteiger partial charge in [0.2, 0.25) is 0 Å². The summed E-state index contributed by atoms with van der Waals surface area (Å²) in [5.74, 6) is 1.08. The Bertz CT molecular complexity index is 364. The fourth-order valence-electron chi connectivity index (χ4n) is 2.12. The highest BCUT2D eigenvalue weighted by atomic mass is 15.2. The van der Waals surface area contributed by atoms with E-state index in [1.165, 1.54) is 11.3 Å². The van der Waals surface area contributed by atoms with Crippen molar-refractivity contribution in [2.24, 2.45) is 0 Å². The van der Waals surface area contributed by atoms with Crippen LogP contribution in [0.3, 0.4) is 0 Å². The number of fused-ring (bicyclic) bond motifs is 1. The largest absolute Gasteiger partial charge is 0.358 e. The van der Waals surface area contributed by atoms with Gasteiger partial charge in [0, 0.05) is 38.8 Å². The third kappa shape index (κ3) is 3.17. The number of nitrogens with zero attached hydrogens (tertiary/aromatic N) is 2. The van der Waals surface area contributed by atoms with Gasteiger partial charge < -0.3 is 15.5 Å². The zero-order chi connectivity index (χ0) is 12.1. The Morgan fingerprint density at radius 2 is 2.18 bits per heavy atom. The van der Waals surface area contributed by atoms with Crippen molar-refractivity contribution in [2.45, 2.75) is 12.8 Å². The molecule has 1 aromatic heterocycles. The molecule has 17 heavy (non-hydrogen) atoms. The highest BCUT2D eigenvalue weighted by molar-refractivity contribution is 5.41. The van der Waals surface area contributed by atoms with E-state index in [4.69, 9.17) is 4.98 Å². The third-order valence-corrected chi connectivity index (χ3v) is 3.25. The number of anilines is 1. The smallest absolute Gasteiger partial charge is 0.128 e. The molecule has 0 saturated carbocycles. The quantitative estimate of drug-likeness (QED) is 0.792. The number of likely N-dealkylation sites (N-methyl/N-ethyl adjacent to an activating group) is 2. The average molecular weight is 234 g/mol.